The molecule has 0 radical (unpaired) electrons. The summed E-state index contributed by atoms with van der Waals surface area (Å²) in [4.78, 5) is 21.3. The molecule has 2 bridgehead atoms. The molecule has 3 rings (SSSR count). The van der Waals surface area contributed by atoms with Crippen molar-refractivity contribution in [3.05, 3.63) is 0 Å². The topological polar surface area (TPSA) is 57.6 Å². The van der Waals surface area contributed by atoms with Gasteiger partial charge in [-0.15, -0.1) is 11.6 Å². The molecule has 0 atom stereocenters. The van der Waals surface area contributed by atoms with Crippen molar-refractivity contribution in [2.45, 2.75) is 29.4 Å². The monoisotopic (exact) mass is 257 g/mol. The Morgan fingerprint density at radius 3 is 2.19 bits per heavy atom. The lowest BCUT2D eigenvalue weighted by Gasteiger charge is -2.41. The summed E-state index contributed by atoms with van der Waals surface area (Å²) in [6.07, 6.45) is -5.31. The summed E-state index contributed by atoms with van der Waals surface area (Å²) < 4.78 is 36.7. The minimum Gasteiger partial charge on any atom is -0.479 e. The highest BCUT2D eigenvalue weighted by atomic mass is 35.5. The van der Waals surface area contributed by atoms with E-state index in [1.54, 1.807) is 0 Å². The van der Waals surface area contributed by atoms with E-state index in [-0.39, 0.29) is 19.4 Å². The van der Waals surface area contributed by atoms with E-state index in [4.69, 9.17) is 16.7 Å². The Labute approximate surface area is 93.0 Å². The zero-order chi connectivity index (χ0) is 12.4. The minimum atomic E-state index is -5.06. The Hall–Kier alpha value is -0.980. The van der Waals surface area contributed by atoms with Gasteiger partial charge in [0.25, 0.3) is 0 Å². The summed E-state index contributed by atoms with van der Waals surface area (Å²) in [7, 11) is 0. The van der Waals surface area contributed by atoms with Crippen LogP contribution in [0.2, 0.25) is 0 Å². The predicted molar refractivity (Wildman–Crippen MR) is 46.0 cm³/mol. The first-order valence-corrected chi connectivity index (χ1v) is 4.80. The van der Waals surface area contributed by atoms with E-state index in [9.17, 15) is 22.8 Å². The maximum Gasteiger partial charge on any atom is 0.471 e. The van der Waals surface area contributed by atoms with Crippen molar-refractivity contribution in [3.63, 3.8) is 0 Å². The fraction of sp³-hybridized carbons (Fsp3) is 0.750. The number of carbonyl (C=O) groups excluding carboxylic acids is 1. The molecule has 1 saturated carbocycles. The number of aliphatic carboxylic acids is 1. The van der Waals surface area contributed by atoms with Crippen molar-refractivity contribution < 1.29 is 27.9 Å². The SMILES string of the molecule is O=C(N1CC2(Cl)CC1(C(=O)O)C2)C(F)(F)F. The second-order valence-corrected chi connectivity index (χ2v) is 5.03. The van der Waals surface area contributed by atoms with E-state index in [0.717, 1.165) is 0 Å². The summed E-state index contributed by atoms with van der Waals surface area (Å²) in [5.74, 6) is -3.56. The summed E-state index contributed by atoms with van der Waals surface area (Å²) in [6, 6.07) is 0. The average Bonchev–Trinajstić information content (AvgIpc) is 2.50. The lowest BCUT2D eigenvalue weighted by molar-refractivity contribution is -0.192. The fourth-order valence-electron chi connectivity index (χ4n) is 2.42. The number of amides is 1. The van der Waals surface area contributed by atoms with Gasteiger partial charge < -0.3 is 10.0 Å². The van der Waals surface area contributed by atoms with Gasteiger partial charge in [-0.1, -0.05) is 0 Å². The highest BCUT2D eigenvalue weighted by Gasteiger charge is 2.72. The molecule has 3 fully saturated rings. The van der Waals surface area contributed by atoms with Gasteiger partial charge in [-0.25, -0.2) is 4.79 Å². The molecule has 0 aromatic heterocycles. The molecule has 3 aliphatic rings. The molecule has 2 saturated heterocycles. The van der Waals surface area contributed by atoms with Gasteiger partial charge in [0, 0.05) is 19.4 Å². The van der Waals surface area contributed by atoms with Gasteiger partial charge in [-0.05, 0) is 0 Å². The maximum atomic E-state index is 12.2. The van der Waals surface area contributed by atoms with E-state index in [1.165, 1.54) is 0 Å². The molecule has 1 N–H and O–H groups in total. The molecule has 4 nitrogen and oxygen atoms in total. The molecule has 2 aliphatic heterocycles. The van der Waals surface area contributed by atoms with E-state index in [0.29, 0.717) is 4.90 Å². The van der Waals surface area contributed by atoms with Gasteiger partial charge in [0.2, 0.25) is 0 Å². The summed E-state index contributed by atoms with van der Waals surface area (Å²) in [6.45, 7) is -0.362. The van der Waals surface area contributed by atoms with Crippen LogP contribution in [0.1, 0.15) is 12.8 Å². The fourth-order valence-corrected chi connectivity index (χ4v) is 2.98. The second-order valence-electron chi connectivity index (χ2n) is 4.23. The standard InChI is InChI=1S/C8H7ClF3NO3/c9-6-1-7(2-6,5(15)16)13(3-6)4(14)8(10,11)12/h1-3H2,(H,15,16). The number of carboxylic acid groups (broad SMARTS) is 1. The Morgan fingerprint density at radius 1 is 1.31 bits per heavy atom. The number of halogens is 4. The number of alkyl halides is 4. The highest BCUT2D eigenvalue weighted by molar-refractivity contribution is 6.26. The van der Waals surface area contributed by atoms with Crippen molar-refractivity contribution in [1.82, 2.24) is 4.90 Å². The van der Waals surface area contributed by atoms with E-state index < -0.39 is 28.5 Å². The van der Waals surface area contributed by atoms with Gasteiger partial charge in [0.1, 0.15) is 5.54 Å². The summed E-state index contributed by atoms with van der Waals surface area (Å²) in [5.41, 5.74) is -1.76. The second kappa shape index (κ2) is 2.82. The zero-order valence-corrected chi connectivity index (χ0v) is 8.60. The first-order valence-electron chi connectivity index (χ1n) is 4.42. The third-order valence-corrected chi connectivity index (χ3v) is 3.45. The van der Waals surface area contributed by atoms with Crippen LogP contribution in [0.15, 0.2) is 0 Å². The molecule has 8 heteroatoms. The number of carbonyl (C=O) groups is 2. The van der Waals surface area contributed by atoms with Crippen LogP contribution in [0, 0.1) is 0 Å². The Bertz CT molecular complexity index is 375. The third kappa shape index (κ3) is 1.30. The van der Waals surface area contributed by atoms with Crippen LogP contribution in [0.3, 0.4) is 0 Å². The molecule has 0 aromatic rings. The third-order valence-electron chi connectivity index (χ3n) is 3.06. The minimum absolute atomic E-state index is 0.126. The maximum absolute atomic E-state index is 12.2. The normalized spacial score (nSPS) is 37.1. The van der Waals surface area contributed by atoms with Gasteiger partial charge in [-0.2, -0.15) is 13.2 Å². The molecule has 0 unspecified atom stereocenters. The van der Waals surface area contributed by atoms with E-state index in [1.807, 2.05) is 0 Å². The van der Waals surface area contributed by atoms with Gasteiger partial charge in [-0.3, -0.25) is 4.79 Å². The van der Waals surface area contributed by atoms with Crippen molar-refractivity contribution in [2.24, 2.45) is 0 Å². The van der Waals surface area contributed by atoms with E-state index in [2.05, 4.69) is 0 Å². The molecular weight excluding hydrogens is 251 g/mol. The molecule has 0 aromatic carbocycles. The Balaban J connectivity index is 2.30. The van der Waals surface area contributed by atoms with Crippen LogP contribution in [-0.4, -0.2) is 45.0 Å². The molecule has 16 heavy (non-hydrogen) atoms. The molecule has 0 spiro atoms. The number of rotatable bonds is 1. The van der Waals surface area contributed by atoms with E-state index >= 15 is 0 Å². The summed E-state index contributed by atoms with van der Waals surface area (Å²) >= 11 is 5.83. The molecule has 90 valence electrons. The predicted octanol–water partition coefficient (Wildman–Crippen LogP) is 0.986. The zero-order valence-electron chi connectivity index (χ0n) is 7.84. The first-order chi connectivity index (χ1) is 7.11. The first kappa shape index (κ1) is 11.5. The molecule has 1 aliphatic carbocycles. The average molecular weight is 258 g/mol. The van der Waals surface area contributed by atoms with Gasteiger partial charge in [0.05, 0.1) is 4.87 Å². The molecular formula is C8H7ClF3NO3. The number of carboxylic acids is 1. The highest BCUT2D eigenvalue weighted by Crippen LogP contribution is 2.58. The largest absolute Gasteiger partial charge is 0.479 e. The van der Waals surface area contributed by atoms with Crippen LogP contribution in [0.4, 0.5) is 13.2 Å². The van der Waals surface area contributed by atoms with Crippen molar-refractivity contribution >= 4 is 23.5 Å². The quantitative estimate of drug-likeness (QED) is 0.713. The Morgan fingerprint density at radius 2 is 1.81 bits per heavy atom. The number of fused-ring (bicyclic) bond motifs is 1. The lowest BCUT2D eigenvalue weighted by Crippen LogP contribution is -2.59. The Kier molecular flexibility index (Phi) is 2.03. The van der Waals surface area contributed by atoms with Crippen LogP contribution in [-0.2, 0) is 9.59 Å². The van der Waals surface area contributed by atoms with Crippen LogP contribution in [0.5, 0.6) is 0 Å². The van der Waals surface area contributed by atoms with Gasteiger partial charge >= 0.3 is 18.1 Å². The van der Waals surface area contributed by atoms with Crippen LogP contribution < -0.4 is 0 Å². The number of nitrogens with zero attached hydrogens (tertiary/aromatic N) is 1. The van der Waals surface area contributed by atoms with Crippen LogP contribution >= 0.6 is 11.6 Å². The lowest BCUT2D eigenvalue weighted by atomic mass is 9.72. The van der Waals surface area contributed by atoms with Gasteiger partial charge in [0.15, 0.2) is 0 Å². The number of hydrogen-bond donors (Lipinski definition) is 1. The van der Waals surface area contributed by atoms with Crippen molar-refractivity contribution in [2.75, 3.05) is 6.54 Å². The van der Waals surface area contributed by atoms with Crippen LogP contribution in [0.25, 0.3) is 0 Å². The van der Waals surface area contributed by atoms with Crippen molar-refractivity contribution in [1.29, 1.82) is 0 Å². The summed E-state index contributed by atoms with van der Waals surface area (Å²) in [5, 5.41) is 8.89. The smallest absolute Gasteiger partial charge is 0.471 e. The molecule has 2 heterocycles. The van der Waals surface area contributed by atoms with Crippen molar-refractivity contribution in [3.8, 4) is 0 Å². The molecule has 1 amide bonds. The number of hydrogen-bond acceptors (Lipinski definition) is 2.